The van der Waals surface area contributed by atoms with Crippen LogP contribution < -0.4 is 0 Å². The van der Waals surface area contributed by atoms with Crippen molar-refractivity contribution in [2.24, 2.45) is 10.8 Å². The minimum atomic E-state index is 0.375. The fourth-order valence-electron chi connectivity index (χ4n) is 2.95. The summed E-state index contributed by atoms with van der Waals surface area (Å²) in [6, 6.07) is 10.2. The van der Waals surface area contributed by atoms with E-state index in [2.05, 4.69) is 44.7 Å². The Bertz CT molecular complexity index is 497. The van der Waals surface area contributed by atoms with E-state index in [-0.39, 0.29) is 0 Å². The molecule has 0 unspecified atom stereocenters. The van der Waals surface area contributed by atoms with Gasteiger partial charge in [0.05, 0.1) is 11.6 Å². The van der Waals surface area contributed by atoms with Gasteiger partial charge in [-0.1, -0.05) is 39.8 Å². The molecule has 1 aliphatic heterocycles. The Hall–Kier alpha value is -1.33. The normalized spacial score (nSPS) is 19.6. The number of hydrogen-bond donors (Lipinski definition) is 0. The van der Waals surface area contributed by atoms with Gasteiger partial charge >= 0.3 is 0 Å². The number of rotatable bonds is 2. The first-order valence-electron chi connectivity index (χ1n) is 7.55. The second-order valence-corrected chi connectivity index (χ2v) is 7.40. The van der Waals surface area contributed by atoms with Crippen LogP contribution in [-0.4, -0.2) is 18.0 Å². The Labute approximate surface area is 123 Å². The standard InChI is InChI=1S/C18H26N2/c1-17(2,3)18(4)8-10-20(11-9-18)14-16-7-5-6-15(12-16)13-19/h5-7,12H,8-11,14H2,1-4H3. The van der Waals surface area contributed by atoms with E-state index < -0.39 is 0 Å². The molecular weight excluding hydrogens is 244 g/mol. The highest BCUT2D eigenvalue weighted by Crippen LogP contribution is 2.46. The third kappa shape index (κ3) is 3.22. The van der Waals surface area contributed by atoms with Crippen molar-refractivity contribution in [2.45, 2.75) is 47.1 Å². The Morgan fingerprint density at radius 1 is 1.25 bits per heavy atom. The number of piperidine rings is 1. The van der Waals surface area contributed by atoms with Gasteiger partial charge in [-0.2, -0.15) is 5.26 Å². The van der Waals surface area contributed by atoms with Gasteiger partial charge < -0.3 is 0 Å². The molecule has 20 heavy (non-hydrogen) atoms. The van der Waals surface area contributed by atoms with Gasteiger partial charge in [-0.05, 0) is 54.5 Å². The van der Waals surface area contributed by atoms with Crippen LogP contribution >= 0.6 is 0 Å². The van der Waals surface area contributed by atoms with Gasteiger partial charge in [0.1, 0.15) is 0 Å². The molecule has 0 saturated carbocycles. The zero-order valence-corrected chi connectivity index (χ0v) is 13.2. The van der Waals surface area contributed by atoms with E-state index in [9.17, 15) is 0 Å². The minimum Gasteiger partial charge on any atom is -0.299 e. The van der Waals surface area contributed by atoms with E-state index in [0.717, 1.165) is 25.2 Å². The van der Waals surface area contributed by atoms with Gasteiger partial charge in [-0.15, -0.1) is 0 Å². The number of likely N-dealkylation sites (tertiary alicyclic amines) is 1. The Balaban J connectivity index is 1.97. The lowest BCUT2D eigenvalue weighted by molar-refractivity contribution is 0.0198. The van der Waals surface area contributed by atoms with Gasteiger partial charge in [-0.3, -0.25) is 4.90 Å². The third-order valence-corrected chi connectivity index (χ3v) is 5.23. The number of nitriles is 1. The van der Waals surface area contributed by atoms with Gasteiger partial charge in [0.2, 0.25) is 0 Å². The van der Waals surface area contributed by atoms with E-state index in [0.29, 0.717) is 10.8 Å². The van der Waals surface area contributed by atoms with Crippen LogP contribution in [0.15, 0.2) is 24.3 Å². The summed E-state index contributed by atoms with van der Waals surface area (Å²) < 4.78 is 0. The monoisotopic (exact) mass is 270 g/mol. The van der Waals surface area contributed by atoms with Crippen LogP contribution in [-0.2, 0) is 6.54 Å². The van der Waals surface area contributed by atoms with Crippen molar-refractivity contribution in [1.29, 1.82) is 5.26 Å². The lowest BCUT2D eigenvalue weighted by Gasteiger charge is -2.48. The molecule has 0 bridgehead atoms. The smallest absolute Gasteiger partial charge is 0.0991 e. The molecule has 2 nitrogen and oxygen atoms in total. The van der Waals surface area contributed by atoms with Gasteiger partial charge in [0, 0.05) is 6.54 Å². The topological polar surface area (TPSA) is 27.0 Å². The van der Waals surface area contributed by atoms with Crippen LogP contribution in [0.1, 0.15) is 51.7 Å². The van der Waals surface area contributed by atoms with Gasteiger partial charge in [0.15, 0.2) is 0 Å². The van der Waals surface area contributed by atoms with Crippen molar-refractivity contribution in [2.75, 3.05) is 13.1 Å². The average Bonchev–Trinajstić information content (AvgIpc) is 2.40. The first kappa shape index (κ1) is 15.1. The van der Waals surface area contributed by atoms with E-state index in [1.165, 1.54) is 18.4 Å². The SMILES string of the molecule is CC(C)(C)C1(C)CCN(Cc2cccc(C#N)c2)CC1. The lowest BCUT2D eigenvalue weighted by Crippen LogP contribution is -2.44. The molecule has 2 rings (SSSR count). The van der Waals surface area contributed by atoms with Crippen molar-refractivity contribution in [3.63, 3.8) is 0 Å². The van der Waals surface area contributed by atoms with E-state index in [1.807, 2.05) is 18.2 Å². The molecule has 1 aromatic rings. The maximum Gasteiger partial charge on any atom is 0.0991 e. The van der Waals surface area contributed by atoms with Crippen molar-refractivity contribution in [1.82, 2.24) is 4.90 Å². The summed E-state index contributed by atoms with van der Waals surface area (Å²) in [7, 11) is 0. The Kier molecular flexibility index (Phi) is 4.20. The molecule has 0 aliphatic carbocycles. The van der Waals surface area contributed by atoms with E-state index >= 15 is 0 Å². The number of nitrogens with zero attached hydrogens (tertiary/aromatic N) is 2. The number of hydrogen-bond acceptors (Lipinski definition) is 2. The van der Waals surface area contributed by atoms with Crippen molar-refractivity contribution in [3.8, 4) is 6.07 Å². The third-order valence-electron chi connectivity index (χ3n) is 5.23. The van der Waals surface area contributed by atoms with Crippen molar-refractivity contribution < 1.29 is 0 Å². The van der Waals surface area contributed by atoms with E-state index in [1.54, 1.807) is 0 Å². The maximum atomic E-state index is 8.96. The highest BCUT2D eigenvalue weighted by Gasteiger charge is 2.39. The molecule has 108 valence electrons. The maximum absolute atomic E-state index is 8.96. The summed E-state index contributed by atoms with van der Waals surface area (Å²) >= 11 is 0. The second kappa shape index (κ2) is 5.58. The molecule has 1 fully saturated rings. The van der Waals surface area contributed by atoms with Crippen molar-refractivity contribution in [3.05, 3.63) is 35.4 Å². The molecule has 0 spiro atoms. The number of benzene rings is 1. The molecule has 1 aromatic carbocycles. The van der Waals surface area contributed by atoms with Crippen LogP contribution in [0.3, 0.4) is 0 Å². The molecule has 2 heteroatoms. The molecule has 0 radical (unpaired) electrons. The molecule has 0 amide bonds. The fraction of sp³-hybridized carbons (Fsp3) is 0.611. The van der Waals surface area contributed by atoms with Gasteiger partial charge in [-0.25, -0.2) is 0 Å². The van der Waals surface area contributed by atoms with Crippen LogP contribution in [0.5, 0.6) is 0 Å². The zero-order valence-electron chi connectivity index (χ0n) is 13.2. The fourth-order valence-corrected chi connectivity index (χ4v) is 2.95. The molecule has 0 atom stereocenters. The second-order valence-electron chi connectivity index (χ2n) is 7.40. The van der Waals surface area contributed by atoms with Crippen LogP contribution in [0.25, 0.3) is 0 Å². The van der Waals surface area contributed by atoms with Gasteiger partial charge in [0.25, 0.3) is 0 Å². The summed E-state index contributed by atoms with van der Waals surface area (Å²) in [5, 5.41) is 8.96. The molecule has 1 heterocycles. The Morgan fingerprint density at radius 2 is 1.90 bits per heavy atom. The summed E-state index contributed by atoms with van der Waals surface area (Å²) in [6.45, 7) is 12.8. The molecular formula is C18H26N2. The molecule has 1 aliphatic rings. The molecule has 0 aromatic heterocycles. The molecule has 1 saturated heterocycles. The zero-order chi connectivity index (χ0) is 14.8. The van der Waals surface area contributed by atoms with Crippen LogP contribution in [0.2, 0.25) is 0 Å². The largest absolute Gasteiger partial charge is 0.299 e. The summed E-state index contributed by atoms with van der Waals surface area (Å²) in [4.78, 5) is 2.52. The first-order valence-corrected chi connectivity index (χ1v) is 7.55. The average molecular weight is 270 g/mol. The summed E-state index contributed by atoms with van der Waals surface area (Å²) in [6.07, 6.45) is 2.52. The first-order chi connectivity index (χ1) is 9.34. The molecule has 0 N–H and O–H groups in total. The van der Waals surface area contributed by atoms with Crippen LogP contribution in [0.4, 0.5) is 0 Å². The Morgan fingerprint density at radius 3 is 2.45 bits per heavy atom. The van der Waals surface area contributed by atoms with Crippen molar-refractivity contribution >= 4 is 0 Å². The predicted molar refractivity (Wildman–Crippen MR) is 83.2 cm³/mol. The lowest BCUT2D eigenvalue weighted by atomic mass is 9.63. The quantitative estimate of drug-likeness (QED) is 0.805. The summed E-state index contributed by atoms with van der Waals surface area (Å²) in [5.41, 5.74) is 2.83. The summed E-state index contributed by atoms with van der Waals surface area (Å²) in [5.74, 6) is 0. The van der Waals surface area contributed by atoms with Crippen LogP contribution in [0, 0.1) is 22.2 Å². The minimum absolute atomic E-state index is 0.375. The predicted octanol–water partition coefficient (Wildman–Crippen LogP) is 4.21. The highest BCUT2D eigenvalue weighted by molar-refractivity contribution is 5.32. The van der Waals surface area contributed by atoms with E-state index in [4.69, 9.17) is 5.26 Å². The highest BCUT2D eigenvalue weighted by atomic mass is 15.1.